The van der Waals surface area contributed by atoms with Gasteiger partial charge in [0.25, 0.3) is 0 Å². The van der Waals surface area contributed by atoms with Crippen LogP contribution >= 0.6 is 11.3 Å². The van der Waals surface area contributed by atoms with Crippen LogP contribution < -0.4 is 4.74 Å². The lowest BCUT2D eigenvalue weighted by atomic mass is 10.1. The second-order valence-corrected chi connectivity index (χ2v) is 5.44. The number of ether oxygens (including phenoxy) is 2. The van der Waals surface area contributed by atoms with Gasteiger partial charge >= 0.3 is 5.97 Å². The summed E-state index contributed by atoms with van der Waals surface area (Å²) >= 11 is 1.42. The number of rotatable bonds is 4. The molecule has 0 amide bonds. The van der Waals surface area contributed by atoms with Gasteiger partial charge in [-0.2, -0.15) is 0 Å². The van der Waals surface area contributed by atoms with Crippen LogP contribution in [0.25, 0.3) is 16.0 Å². The Balaban J connectivity index is 2.32. The molecule has 0 atom stereocenters. The molecule has 1 heterocycles. The van der Waals surface area contributed by atoms with E-state index in [4.69, 9.17) is 4.74 Å². The number of thiophene rings is 1. The number of carbonyl (C=O) groups is 1. The molecule has 0 fully saturated rings. The molecular weight excluding hydrogens is 291 g/mol. The molecule has 0 saturated heterocycles. The molecule has 1 aromatic carbocycles. The van der Waals surface area contributed by atoms with Crippen molar-refractivity contribution in [1.82, 2.24) is 0 Å². The average Bonchev–Trinajstić information content (AvgIpc) is 2.96. The largest absolute Gasteiger partial charge is 0.497 e. The Morgan fingerprint density at radius 2 is 2.00 bits per heavy atom. The summed E-state index contributed by atoms with van der Waals surface area (Å²) in [6.45, 7) is 1.82. The Morgan fingerprint density at radius 1 is 1.24 bits per heavy atom. The maximum atomic E-state index is 14.0. The van der Waals surface area contributed by atoms with Gasteiger partial charge in [-0.25, -0.2) is 9.18 Å². The van der Waals surface area contributed by atoms with Crippen LogP contribution in [0.2, 0.25) is 0 Å². The first-order valence-corrected chi connectivity index (χ1v) is 7.07. The number of halogens is 1. The third kappa shape index (κ3) is 3.49. The SMILES string of the molecule is COC(=O)/C=C(\C)c1ccc(-c2ccc(OC)cc2F)s1. The summed E-state index contributed by atoms with van der Waals surface area (Å²) < 4.78 is 23.6. The fourth-order valence-electron chi connectivity index (χ4n) is 1.82. The van der Waals surface area contributed by atoms with Gasteiger partial charge in [-0.1, -0.05) is 0 Å². The highest BCUT2D eigenvalue weighted by atomic mass is 32.1. The summed E-state index contributed by atoms with van der Waals surface area (Å²) in [6, 6.07) is 8.45. The zero-order valence-electron chi connectivity index (χ0n) is 12.0. The maximum Gasteiger partial charge on any atom is 0.330 e. The Bertz CT molecular complexity index is 689. The predicted octanol–water partition coefficient (Wildman–Crippen LogP) is 4.14. The molecule has 0 saturated carbocycles. The van der Waals surface area contributed by atoms with Crippen LogP contribution in [0.4, 0.5) is 4.39 Å². The number of allylic oxidation sites excluding steroid dienone is 1. The van der Waals surface area contributed by atoms with Crippen molar-refractivity contribution in [3.8, 4) is 16.2 Å². The molecule has 0 unspecified atom stereocenters. The quantitative estimate of drug-likeness (QED) is 0.629. The summed E-state index contributed by atoms with van der Waals surface area (Å²) in [6.07, 6.45) is 1.42. The Hall–Kier alpha value is -2.14. The zero-order chi connectivity index (χ0) is 15.4. The number of benzene rings is 1. The summed E-state index contributed by atoms with van der Waals surface area (Å²) in [5, 5.41) is 0. The minimum atomic E-state index is -0.405. The van der Waals surface area contributed by atoms with E-state index in [2.05, 4.69) is 4.74 Å². The fraction of sp³-hybridized carbons (Fsp3) is 0.188. The van der Waals surface area contributed by atoms with Gasteiger partial charge in [0.05, 0.1) is 14.2 Å². The minimum absolute atomic E-state index is 0.336. The Kier molecular flexibility index (Phi) is 4.75. The monoisotopic (exact) mass is 306 g/mol. The van der Waals surface area contributed by atoms with Crippen LogP contribution in [0.3, 0.4) is 0 Å². The van der Waals surface area contributed by atoms with Gasteiger partial charge in [0.2, 0.25) is 0 Å². The number of carbonyl (C=O) groups excluding carboxylic acids is 1. The lowest BCUT2D eigenvalue weighted by Crippen LogP contribution is -1.94. The topological polar surface area (TPSA) is 35.5 Å². The van der Waals surface area contributed by atoms with E-state index < -0.39 is 5.97 Å². The number of hydrogen-bond acceptors (Lipinski definition) is 4. The lowest BCUT2D eigenvalue weighted by Gasteiger charge is -2.03. The van der Waals surface area contributed by atoms with Crippen molar-refractivity contribution in [2.24, 2.45) is 0 Å². The second kappa shape index (κ2) is 6.54. The molecule has 0 spiro atoms. The normalized spacial score (nSPS) is 11.3. The van der Waals surface area contributed by atoms with E-state index in [0.717, 1.165) is 15.3 Å². The zero-order valence-corrected chi connectivity index (χ0v) is 12.8. The van der Waals surface area contributed by atoms with E-state index >= 15 is 0 Å². The van der Waals surface area contributed by atoms with Gasteiger partial charge in [-0.3, -0.25) is 0 Å². The third-order valence-corrected chi connectivity index (χ3v) is 4.23. The molecule has 0 aliphatic carbocycles. The van der Waals surface area contributed by atoms with Crippen molar-refractivity contribution in [2.75, 3.05) is 14.2 Å². The highest BCUT2D eigenvalue weighted by Crippen LogP contribution is 2.34. The van der Waals surface area contributed by atoms with Crippen LogP contribution in [0.1, 0.15) is 11.8 Å². The van der Waals surface area contributed by atoms with Crippen LogP contribution in [-0.2, 0) is 9.53 Å². The predicted molar refractivity (Wildman–Crippen MR) is 81.9 cm³/mol. The molecule has 21 heavy (non-hydrogen) atoms. The van der Waals surface area contributed by atoms with E-state index in [1.807, 2.05) is 19.1 Å². The van der Waals surface area contributed by atoms with Crippen LogP contribution in [0.15, 0.2) is 36.4 Å². The average molecular weight is 306 g/mol. The van der Waals surface area contributed by atoms with Gasteiger partial charge < -0.3 is 9.47 Å². The van der Waals surface area contributed by atoms with Gasteiger partial charge in [-0.15, -0.1) is 11.3 Å². The van der Waals surface area contributed by atoms with Crippen molar-refractivity contribution >= 4 is 22.9 Å². The first-order chi connectivity index (χ1) is 10.0. The van der Waals surface area contributed by atoms with Gasteiger partial charge in [0.15, 0.2) is 0 Å². The van der Waals surface area contributed by atoms with Gasteiger partial charge in [0, 0.05) is 27.5 Å². The molecule has 0 aliphatic heterocycles. The van der Waals surface area contributed by atoms with E-state index in [1.165, 1.54) is 37.7 Å². The summed E-state index contributed by atoms with van der Waals surface area (Å²) in [4.78, 5) is 12.9. The van der Waals surface area contributed by atoms with E-state index in [0.29, 0.717) is 11.3 Å². The molecule has 1 aromatic heterocycles. The molecule has 0 radical (unpaired) electrons. The maximum absolute atomic E-state index is 14.0. The standard InChI is InChI=1S/C16H15FO3S/c1-10(8-16(18)20-3)14-6-7-15(21-14)12-5-4-11(19-2)9-13(12)17/h4-9H,1-3H3/b10-8+. The van der Waals surface area contributed by atoms with E-state index in [9.17, 15) is 9.18 Å². The second-order valence-electron chi connectivity index (χ2n) is 4.36. The summed E-state index contributed by atoms with van der Waals surface area (Å²) in [7, 11) is 2.83. The van der Waals surface area contributed by atoms with Crippen LogP contribution in [-0.4, -0.2) is 20.2 Å². The first kappa shape index (κ1) is 15.3. The van der Waals surface area contributed by atoms with Gasteiger partial charge in [-0.05, 0) is 36.8 Å². The molecular formula is C16H15FO3S. The molecule has 5 heteroatoms. The highest BCUT2D eigenvalue weighted by molar-refractivity contribution is 7.16. The number of esters is 1. The number of methoxy groups -OCH3 is 2. The molecule has 0 aliphatic rings. The Labute approximate surface area is 126 Å². The molecule has 2 aromatic rings. The molecule has 110 valence electrons. The van der Waals surface area contributed by atoms with E-state index in [1.54, 1.807) is 12.1 Å². The molecule has 0 bridgehead atoms. The fourth-order valence-corrected chi connectivity index (χ4v) is 2.83. The molecule has 0 N–H and O–H groups in total. The number of hydrogen-bond donors (Lipinski definition) is 0. The van der Waals surface area contributed by atoms with Crippen molar-refractivity contribution in [1.29, 1.82) is 0 Å². The minimum Gasteiger partial charge on any atom is -0.497 e. The van der Waals surface area contributed by atoms with Crippen molar-refractivity contribution in [3.63, 3.8) is 0 Å². The van der Waals surface area contributed by atoms with Crippen molar-refractivity contribution in [3.05, 3.63) is 47.1 Å². The summed E-state index contributed by atoms with van der Waals surface area (Å²) in [5.41, 5.74) is 1.30. The van der Waals surface area contributed by atoms with Crippen molar-refractivity contribution in [2.45, 2.75) is 6.92 Å². The summed E-state index contributed by atoms with van der Waals surface area (Å²) in [5.74, 6) is -0.259. The molecule has 2 rings (SSSR count). The third-order valence-electron chi connectivity index (χ3n) is 2.97. The van der Waals surface area contributed by atoms with Crippen LogP contribution in [0.5, 0.6) is 5.75 Å². The van der Waals surface area contributed by atoms with E-state index in [-0.39, 0.29) is 5.82 Å². The van der Waals surface area contributed by atoms with Crippen LogP contribution in [0, 0.1) is 5.82 Å². The highest BCUT2D eigenvalue weighted by Gasteiger charge is 2.10. The lowest BCUT2D eigenvalue weighted by molar-refractivity contribution is -0.134. The van der Waals surface area contributed by atoms with Crippen molar-refractivity contribution < 1.29 is 18.7 Å². The molecule has 3 nitrogen and oxygen atoms in total. The Morgan fingerprint density at radius 3 is 2.62 bits per heavy atom. The first-order valence-electron chi connectivity index (χ1n) is 6.25. The van der Waals surface area contributed by atoms with Gasteiger partial charge in [0.1, 0.15) is 11.6 Å². The smallest absolute Gasteiger partial charge is 0.330 e.